The summed E-state index contributed by atoms with van der Waals surface area (Å²) in [7, 11) is 0. The van der Waals surface area contributed by atoms with E-state index in [9.17, 15) is 0 Å². The van der Waals surface area contributed by atoms with Gasteiger partial charge in [-0.15, -0.1) is 0 Å². The van der Waals surface area contributed by atoms with Crippen molar-refractivity contribution >= 4 is 21.9 Å². The average Bonchev–Trinajstić information content (AvgIpc) is 3.59. The standard InChI is InChI=1S/C16H13.C13H9.C12H10Si.Zr/c1-12-10-14-8-5-9-15(16(14)11-12)13-6-3-2-4-7-13;1-3-7-12-10(5-1)9-11-6-2-4-8-13(11)12;1-3-7-11(8-4-1)13-12-9-5-2-6-10-12;/h2-11H,1H3;1-9H;1-10H;. The van der Waals surface area contributed by atoms with Gasteiger partial charge in [-0.25, -0.2) is 0 Å². The monoisotopic (exact) mass is 642 g/mol. The predicted octanol–water partition coefficient (Wildman–Crippen LogP) is 9.01. The first-order valence-electron chi connectivity index (χ1n) is 15.2. The summed E-state index contributed by atoms with van der Waals surface area (Å²) < 4.78 is 0.989. The zero-order valence-corrected chi connectivity index (χ0v) is 27.7. The molecule has 6 aromatic carbocycles. The molecule has 8 rings (SSSR count). The summed E-state index contributed by atoms with van der Waals surface area (Å²) >= 11 is -2.64. The van der Waals surface area contributed by atoms with E-state index in [2.05, 4.69) is 171 Å². The van der Waals surface area contributed by atoms with Gasteiger partial charge in [0.15, 0.2) is 0 Å². The molecule has 1 atom stereocenters. The maximum atomic E-state index is 2.55. The Labute approximate surface area is 262 Å². The van der Waals surface area contributed by atoms with Crippen molar-refractivity contribution in [1.29, 1.82) is 0 Å². The molecule has 0 fully saturated rings. The van der Waals surface area contributed by atoms with Gasteiger partial charge in [-0.3, -0.25) is 0 Å². The molecule has 0 bridgehead atoms. The molecule has 0 heterocycles. The van der Waals surface area contributed by atoms with Crippen LogP contribution in [0.15, 0.2) is 163 Å². The third-order valence-corrected chi connectivity index (χ3v) is 30.0. The van der Waals surface area contributed by atoms with Crippen molar-refractivity contribution in [3.05, 3.63) is 186 Å². The second kappa shape index (κ2) is 11.3. The third kappa shape index (κ3) is 4.60. The average molecular weight is 644 g/mol. The van der Waals surface area contributed by atoms with E-state index < -0.39 is 25.8 Å². The number of fused-ring (bicyclic) bond motifs is 4. The van der Waals surface area contributed by atoms with Gasteiger partial charge < -0.3 is 0 Å². The van der Waals surface area contributed by atoms with Crippen LogP contribution in [0.25, 0.3) is 28.3 Å². The molecule has 204 valence electrons. The fourth-order valence-electron chi connectivity index (χ4n) is 7.49. The zero-order chi connectivity index (χ0) is 28.8. The molecule has 2 aliphatic carbocycles. The van der Waals surface area contributed by atoms with Crippen LogP contribution in [-0.4, -0.2) is 5.43 Å². The summed E-state index contributed by atoms with van der Waals surface area (Å²) in [5.74, 6) is 0. The van der Waals surface area contributed by atoms with Crippen LogP contribution in [0.3, 0.4) is 0 Å². The van der Waals surface area contributed by atoms with Crippen LogP contribution in [0.5, 0.6) is 0 Å². The molecule has 2 aliphatic rings. The van der Waals surface area contributed by atoms with E-state index in [-0.39, 0.29) is 0 Å². The van der Waals surface area contributed by atoms with Crippen LogP contribution in [0, 0.1) is 0 Å². The Hall–Kier alpha value is -3.84. The van der Waals surface area contributed by atoms with Gasteiger partial charge in [0.2, 0.25) is 0 Å². The molecular weight excluding hydrogens is 612 g/mol. The third-order valence-electron chi connectivity index (χ3n) is 9.23. The molecule has 0 N–H and O–H groups in total. The summed E-state index contributed by atoms with van der Waals surface area (Å²) in [5, 5.41) is 3.13. The molecule has 0 amide bonds. The normalized spacial score (nSPS) is 14.9. The van der Waals surface area contributed by atoms with Crippen molar-refractivity contribution in [2.24, 2.45) is 0 Å². The van der Waals surface area contributed by atoms with Crippen molar-refractivity contribution in [3.63, 3.8) is 0 Å². The summed E-state index contributed by atoms with van der Waals surface area (Å²) in [6.07, 6.45) is 2.55. The van der Waals surface area contributed by atoms with Crippen molar-refractivity contribution < 1.29 is 20.4 Å². The first-order valence-corrected chi connectivity index (χ1v) is 23.2. The summed E-state index contributed by atoms with van der Waals surface area (Å²) in [5.41, 5.74) is 12.2. The number of benzene rings is 6. The van der Waals surface area contributed by atoms with Crippen LogP contribution < -0.4 is 10.4 Å². The Morgan fingerprint density at radius 1 is 0.442 bits per heavy atom. The predicted molar refractivity (Wildman–Crippen MR) is 180 cm³/mol. The molecule has 0 saturated heterocycles. The molecule has 0 saturated carbocycles. The Bertz CT molecular complexity index is 1940. The quantitative estimate of drug-likeness (QED) is 0.165. The van der Waals surface area contributed by atoms with Gasteiger partial charge in [0.05, 0.1) is 0 Å². The fraction of sp³-hybridized carbons (Fsp3) is 0.0732. The number of hydrogen-bond donors (Lipinski definition) is 0. The van der Waals surface area contributed by atoms with E-state index in [4.69, 9.17) is 0 Å². The Morgan fingerprint density at radius 3 is 1.49 bits per heavy atom. The summed E-state index contributed by atoms with van der Waals surface area (Å²) in [6.45, 7) is 2.43. The van der Waals surface area contributed by atoms with Crippen LogP contribution in [0.4, 0.5) is 0 Å². The van der Waals surface area contributed by atoms with Gasteiger partial charge in [-0.2, -0.15) is 0 Å². The molecule has 0 aromatic heterocycles. The molecule has 43 heavy (non-hydrogen) atoms. The first kappa shape index (κ1) is 26.8. The molecule has 0 nitrogen and oxygen atoms in total. The molecule has 0 radical (unpaired) electrons. The van der Waals surface area contributed by atoms with Crippen LogP contribution in [-0.2, 0) is 20.4 Å². The van der Waals surface area contributed by atoms with Crippen molar-refractivity contribution in [1.82, 2.24) is 0 Å². The second-order valence-electron chi connectivity index (χ2n) is 11.7. The number of hydrogen-bond acceptors (Lipinski definition) is 0. The van der Waals surface area contributed by atoms with Gasteiger partial charge in [-0.1, -0.05) is 0 Å². The van der Waals surface area contributed by atoms with Crippen molar-refractivity contribution in [2.75, 3.05) is 0 Å². The fourth-order valence-corrected chi connectivity index (χ4v) is 32.4. The number of rotatable bonds is 5. The molecule has 0 spiro atoms. The summed E-state index contributed by atoms with van der Waals surface area (Å²) in [4.78, 5) is 0. The molecular formula is C41H32SiZr. The Morgan fingerprint density at radius 2 is 0.907 bits per heavy atom. The number of allylic oxidation sites excluding steroid dienone is 1. The minimum absolute atomic E-state index is 0.490. The van der Waals surface area contributed by atoms with Crippen molar-refractivity contribution in [2.45, 2.75) is 14.2 Å². The first-order chi connectivity index (χ1) is 21.3. The summed E-state index contributed by atoms with van der Waals surface area (Å²) in [6, 6.07) is 59.8. The zero-order valence-electron chi connectivity index (χ0n) is 24.2. The minimum atomic E-state index is -2.64. The van der Waals surface area contributed by atoms with Crippen LogP contribution in [0.2, 0.25) is 0 Å². The van der Waals surface area contributed by atoms with Gasteiger partial charge in [0.1, 0.15) is 0 Å². The molecule has 6 aromatic rings. The SMILES string of the molecule is CC1=Cc2c(-c3ccccc3)cccc2[CH]1[Zr]([CH]1c2ccccc2-c2ccccc21)=[Si](c1ccccc1)c1ccccc1. The van der Waals surface area contributed by atoms with Crippen LogP contribution in [0.1, 0.15) is 36.4 Å². The van der Waals surface area contributed by atoms with E-state index in [1.54, 1.807) is 32.6 Å². The van der Waals surface area contributed by atoms with Crippen LogP contribution >= 0.6 is 0 Å². The van der Waals surface area contributed by atoms with Crippen molar-refractivity contribution in [3.8, 4) is 22.3 Å². The molecule has 1 unspecified atom stereocenters. The van der Waals surface area contributed by atoms with Gasteiger partial charge in [0, 0.05) is 0 Å². The molecule has 2 heteroatoms. The second-order valence-corrected chi connectivity index (χ2v) is 25.7. The van der Waals surface area contributed by atoms with E-state index in [1.165, 1.54) is 27.8 Å². The maximum absolute atomic E-state index is 2.64. The van der Waals surface area contributed by atoms with E-state index in [1.807, 2.05) is 0 Å². The van der Waals surface area contributed by atoms with Gasteiger partial charge in [0.25, 0.3) is 0 Å². The Kier molecular flexibility index (Phi) is 7.06. The van der Waals surface area contributed by atoms with E-state index >= 15 is 0 Å². The van der Waals surface area contributed by atoms with E-state index in [0.29, 0.717) is 7.25 Å². The van der Waals surface area contributed by atoms with Gasteiger partial charge >= 0.3 is 264 Å². The van der Waals surface area contributed by atoms with Gasteiger partial charge in [-0.05, 0) is 0 Å². The molecule has 0 aliphatic heterocycles. The Balaban J connectivity index is 1.48. The topological polar surface area (TPSA) is 0 Å². The van der Waals surface area contributed by atoms with E-state index in [0.717, 1.165) is 0 Å².